The maximum absolute atomic E-state index is 12.6. The molecule has 0 spiro atoms. The zero-order valence-corrected chi connectivity index (χ0v) is 12.9. The molecule has 3 nitrogen and oxygen atoms in total. The Hall–Kier alpha value is -1.81. The molecule has 1 saturated heterocycles. The molecular weight excluding hydrogens is 282 g/mol. The van der Waals surface area contributed by atoms with E-state index >= 15 is 0 Å². The summed E-state index contributed by atoms with van der Waals surface area (Å²) in [5, 5.41) is 2.08. The van der Waals surface area contributed by atoms with E-state index in [2.05, 4.69) is 17.5 Å². The lowest BCUT2D eigenvalue weighted by Gasteiger charge is -2.24. The first-order chi connectivity index (χ1) is 10.3. The Bertz CT molecular complexity index is 592. The Labute approximate surface area is 129 Å². The minimum Gasteiger partial charge on any atom is -0.497 e. The summed E-state index contributed by atoms with van der Waals surface area (Å²) in [7, 11) is 1.65. The van der Waals surface area contributed by atoms with Crippen LogP contribution in [0.4, 0.5) is 0 Å². The van der Waals surface area contributed by atoms with Gasteiger partial charge in [0.2, 0.25) is 5.91 Å². The largest absolute Gasteiger partial charge is 0.497 e. The van der Waals surface area contributed by atoms with Gasteiger partial charge in [0.25, 0.3) is 0 Å². The molecule has 0 unspecified atom stereocenters. The summed E-state index contributed by atoms with van der Waals surface area (Å²) in [5.41, 5.74) is 1.04. The number of likely N-dealkylation sites (tertiary alicyclic amines) is 1. The molecule has 1 atom stereocenters. The topological polar surface area (TPSA) is 29.5 Å². The van der Waals surface area contributed by atoms with Gasteiger partial charge in [0, 0.05) is 11.4 Å². The Morgan fingerprint density at radius 3 is 2.81 bits per heavy atom. The number of thiophene rings is 1. The molecule has 0 bridgehead atoms. The lowest BCUT2D eigenvalue weighted by Crippen LogP contribution is -2.31. The summed E-state index contributed by atoms with van der Waals surface area (Å²) in [5.74, 6) is 1.04. The normalized spacial score (nSPS) is 18.0. The highest BCUT2D eigenvalue weighted by Crippen LogP contribution is 2.34. The molecule has 4 heteroatoms. The Morgan fingerprint density at radius 2 is 2.14 bits per heavy atom. The van der Waals surface area contributed by atoms with Gasteiger partial charge in [-0.3, -0.25) is 4.79 Å². The molecule has 110 valence electrons. The predicted molar refractivity (Wildman–Crippen MR) is 84.7 cm³/mol. The summed E-state index contributed by atoms with van der Waals surface area (Å²) in [6.07, 6.45) is 2.64. The first-order valence-electron chi connectivity index (χ1n) is 7.24. The van der Waals surface area contributed by atoms with Crippen molar-refractivity contribution in [1.82, 2.24) is 4.90 Å². The zero-order valence-electron chi connectivity index (χ0n) is 12.1. The Kier molecular flexibility index (Phi) is 4.25. The first-order valence-corrected chi connectivity index (χ1v) is 8.11. The van der Waals surface area contributed by atoms with Crippen molar-refractivity contribution in [2.75, 3.05) is 13.7 Å². The van der Waals surface area contributed by atoms with Gasteiger partial charge in [0.15, 0.2) is 0 Å². The number of benzene rings is 1. The fourth-order valence-corrected chi connectivity index (χ4v) is 3.74. The van der Waals surface area contributed by atoms with Crippen molar-refractivity contribution in [2.24, 2.45) is 0 Å². The van der Waals surface area contributed by atoms with E-state index in [4.69, 9.17) is 4.74 Å². The molecule has 1 aromatic heterocycles. The highest BCUT2D eigenvalue weighted by atomic mass is 32.1. The number of rotatable bonds is 4. The fraction of sp³-hybridized carbons (Fsp3) is 0.353. The predicted octanol–water partition coefficient (Wildman–Crippen LogP) is 3.66. The van der Waals surface area contributed by atoms with Crippen LogP contribution in [0.1, 0.15) is 29.3 Å². The van der Waals surface area contributed by atoms with Crippen molar-refractivity contribution in [3.8, 4) is 5.75 Å². The van der Waals surface area contributed by atoms with Crippen LogP contribution in [0.5, 0.6) is 5.75 Å². The van der Waals surface area contributed by atoms with Gasteiger partial charge in [-0.1, -0.05) is 18.2 Å². The fourth-order valence-electron chi connectivity index (χ4n) is 2.86. The zero-order chi connectivity index (χ0) is 14.7. The summed E-state index contributed by atoms with van der Waals surface area (Å²) < 4.78 is 5.15. The van der Waals surface area contributed by atoms with E-state index in [1.54, 1.807) is 18.4 Å². The number of amides is 1. The van der Waals surface area contributed by atoms with Gasteiger partial charge in [0.1, 0.15) is 5.75 Å². The minimum absolute atomic E-state index is 0.219. The van der Waals surface area contributed by atoms with Crippen molar-refractivity contribution < 1.29 is 9.53 Å². The third-order valence-electron chi connectivity index (χ3n) is 3.96. The Balaban J connectivity index is 1.69. The number of nitrogens with zero attached hydrogens (tertiary/aromatic N) is 1. The molecule has 3 rings (SSSR count). The maximum atomic E-state index is 12.6. The molecule has 1 aliphatic heterocycles. The summed E-state index contributed by atoms with van der Waals surface area (Å²) >= 11 is 1.74. The van der Waals surface area contributed by atoms with Crippen LogP contribution in [0.25, 0.3) is 0 Å². The maximum Gasteiger partial charge on any atom is 0.227 e. The van der Waals surface area contributed by atoms with E-state index in [9.17, 15) is 4.79 Å². The molecule has 1 amide bonds. The lowest BCUT2D eigenvalue weighted by atomic mass is 10.1. The first kappa shape index (κ1) is 14.1. The van der Waals surface area contributed by atoms with E-state index in [0.717, 1.165) is 30.7 Å². The van der Waals surface area contributed by atoms with Crippen LogP contribution in [-0.2, 0) is 11.2 Å². The molecule has 0 radical (unpaired) electrons. The number of carbonyl (C=O) groups excluding carboxylic acids is 1. The van der Waals surface area contributed by atoms with E-state index in [1.165, 1.54) is 4.88 Å². The van der Waals surface area contributed by atoms with Crippen molar-refractivity contribution in [3.63, 3.8) is 0 Å². The highest BCUT2D eigenvalue weighted by molar-refractivity contribution is 7.10. The highest BCUT2D eigenvalue weighted by Gasteiger charge is 2.30. The number of hydrogen-bond donors (Lipinski definition) is 0. The van der Waals surface area contributed by atoms with Crippen LogP contribution in [0.2, 0.25) is 0 Å². The molecule has 21 heavy (non-hydrogen) atoms. The number of ether oxygens (including phenoxy) is 1. The SMILES string of the molecule is COc1ccc(CC(=O)N2CCC[C@H]2c2cccs2)cc1. The third kappa shape index (κ3) is 3.10. The molecule has 0 saturated carbocycles. The summed E-state index contributed by atoms with van der Waals surface area (Å²) in [6.45, 7) is 0.873. The van der Waals surface area contributed by atoms with Crippen LogP contribution in [0, 0.1) is 0 Å². The minimum atomic E-state index is 0.219. The standard InChI is InChI=1S/C17H19NO2S/c1-20-14-8-6-13(7-9-14)12-17(19)18-10-2-4-15(18)16-5-3-11-21-16/h3,5-9,11,15H,2,4,10,12H2,1H3/t15-/m0/s1. The number of carbonyl (C=O) groups is 1. The van der Waals surface area contributed by atoms with Crippen molar-refractivity contribution in [3.05, 3.63) is 52.2 Å². The molecule has 1 aliphatic rings. The smallest absolute Gasteiger partial charge is 0.227 e. The van der Waals surface area contributed by atoms with Gasteiger partial charge in [-0.05, 0) is 42.0 Å². The molecule has 2 heterocycles. The molecule has 0 aliphatic carbocycles. The van der Waals surface area contributed by atoms with Crippen molar-refractivity contribution in [1.29, 1.82) is 0 Å². The number of methoxy groups -OCH3 is 1. The van der Waals surface area contributed by atoms with Crippen LogP contribution in [0.15, 0.2) is 41.8 Å². The van der Waals surface area contributed by atoms with Gasteiger partial charge >= 0.3 is 0 Å². The van der Waals surface area contributed by atoms with Gasteiger partial charge in [-0.25, -0.2) is 0 Å². The van der Waals surface area contributed by atoms with E-state index in [-0.39, 0.29) is 11.9 Å². The third-order valence-corrected chi connectivity index (χ3v) is 4.93. The number of hydrogen-bond acceptors (Lipinski definition) is 3. The van der Waals surface area contributed by atoms with Gasteiger partial charge < -0.3 is 9.64 Å². The molecule has 2 aromatic rings. The monoisotopic (exact) mass is 301 g/mol. The van der Waals surface area contributed by atoms with Crippen LogP contribution in [0.3, 0.4) is 0 Å². The quantitative estimate of drug-likeness (QED) is 0.862. The summed E-state index contributed by atoms with van der Waals surface area (Å²) in [4.78, 5) is 15.9. The second-order valence-corrected chi connectivity index (χ2v) is 6.26. The van der Waals surface area contributed by atoms with Gasteiger partial charge in [-0.2, -0.15) is 0 Å². The molecular formula is C17H19NO2S. The van der Waals surface area contributed by atoms with Gasteiger partial charge in [0.05, 0.1) is 19.6 Å². The van der Waals surface area contributed by atoms with E-state index < -0.39 is 0 Å². The molecule has 0 N–H and O–H groups in total. The molecule has 1 aromatic carbocycles. The summed E-state index contributed by atoms with van der Waals surface area (Å²) in [6, 6.07) is 12.2. The van der Waals surface area contributed by atoms with E-state index in [1.807, 2.05) is 29.2 Å². The van der Waals surface area contributed by atoms with Crippen LogP contribution in [-0.4, -0.2) is 24.5 Å². The lowest BCUT2D eigenvalue weighted by molar-refractivity contribution is -0.131. The second kappa shape index (κ2) is 6.31. The average Bonchev–Trinajstić information content (AvgIpc) is 3.18. The van der Waals surface area contributed by atoms with E-state index in [0.29, 0.717) is 6.42 Å². The Morgan fingerprint density at radius 1 is 1.33 bits per heavy atom. The second-order valence-electron chi connectivity index (χ2n) is 5.29. The van der Waals surface area contributed by atoms with Gasteiger partial charge in [-0.15, -0.1) is 11.3 Å². The van der Waals surface area contributed by atoms with Crippen molar-refractivity contribution in [2.45, 2.75) is 25.3 Å². The van der Waals surface area contributed by atoms with Crippen LogP contribution < -0.4 is 4.74 Å². The van der Waals surface area contributed by atoms with Crippen molar-refractivity contribution >= 4 is 17.2 Å². The molecule has 1 fully saturated rings. The average molecular weight is 301 g/mol. The van der Waals surface area contributed by atoms with Crippen LogP contribution >= 0.6 is 11.3 Å².